The first-order valence-corrected chi connectivity index (χ1v) is 6.19. The van der Waals surface area contributed by atoms with Crippen LogP contribution in [0.25, 0.3) is 0 Å². The molecule has 0 radical (unpaired) electrons. The molecule has 74 valence electrons. The van der Waals surface area contributed by atoms with Gasteiger partial charge < -0.3 is 5.32 Å². The van der Waals surface area contributed by atoms with Crippen molar-refractivity contribution in [3.05, 3.63) is 0 Å². The van der Waals surface area contributed by atoms with E-state index in [9.17, 15) is 0 Å². The highest BCUT2D eigenvalue weighted by Crippen LogP contribution is 2.03. The van der Waals surface area contributed by atoms with Crippen molar-refractivity contribution >= 4 is 11.8 Å². The Labute approximate surface area is 81.7 Å². The van der Waals surface area contributed by atoms with Crippen molar-refractivity contribution in [3.8, 4) is 0 Å². The second kappa shape index (κ2) is 7.93. The Morgan fingerprint density at radius 3 is 2.33 bits per heavy atom. The van der Waals surface area contributed by atoms with Gasteiger partial charge in [0.1, 0.15) is 0 Å². The van der Waals surface area contributed by atoms with Crippen molar-refractivity contribution in [3.63, 3.8) is 0 Å². The molecule has 0 aliphatic heterocycles. The highest BCUT2D eigenvalue weighted by Gasteiger charge is 2.05. The predicted octanol–water partition coefficient (Wildman–Crippen LogP) is 2.91. The highest BCUT2D eigenvalue weighted by atomic mass is 32.2. The quantitative estimate of drug-likeness (QED) is 0.661. The minimum atomic E-state index is 0.663. The van der Waals surface area contributed by atoms with Crippen LogP contribution in [0.2, 0.25) is 0 Å². The van der Waals surface area contributed by atoms with E-state index in [1.54, 1.807) is 0 Å². The molecule has 0 saturated carbocycles. The second-order valence-electron chi connectivity index (χ2n) is 3.42. The van der Waals surface area contributed by atoms with Crippen molar-refractivity contribution in [2.45, 2.75) is 52.6 Å². The largest absolute Gasteiger partial charge is 0.311 e. The van der Waals surface area contributed by atoms with Gasteiger partial charge in [0.05, 0.1) is 0 Å². The van der Waals surface area contributed by atoms with Gasteiger partial charge in [-0.15, -0.1) is 0 Å². The van der Waals surface area contributed by atoms with Crippen LogP contribution < -0.4 is 5.32 Å². The number of hydrogen-bond acceptors (Lipinski definition) is 2. The predicted molar refractivity (Wildman–Crippen MR) is 60.0 cm³/mol. The standard InChI is InChI=1S/C10H23NS/c1-5-7-9(3)11-10(4)8-12-6-2/h9-11H,5-8H2,1-4H3. The van der Waals surface area contributed by atoms with Crippen molar-refractivity contribution in [1.29, 1.82) is 0 Å². The average Bonchev–Trinajstić information content (AvgIpc) is 2.01. The van der Waals surface area contributed by atoms with Crippen LogP contribution in [-0.2, 0) is 0 Å². The molecule has 0 amide bonds. The molecule has 1 nitrogen and oxygen atoms in total. The summed E-state index contributed by atoms with van der Waals surface area (Å²) in [7, 11) is 0. The summed E-state index contributed by atoms with van der Waals surface area (Å²) in [6, 6.07) is 1.35. The maximum absolute atomic E-state index is 3.59. The Kier molecular flexibility index (Phi) is 8.14. The number of rotatable bonds is 7. The lowest BCUT2D eigenvalue weighted by Gasteiger charge is -2.18. The molecule has 2 atom stereocenters. The second-order valence-corrected chi connectivity index (χ2v) is 4.74. The molecular formula is C10H23NS. The van der Waals surface area contributed by atoms with Crippen LogP contribution >= 0.6 is 11.8 Å². The van der Waals surface area contributed by atoms with Gasteiger partial charge in [-0.25, -0.2) is 0 Å². The third-order valence-electron chi connectivity index (χ3n) is 1.86. The summed E-state index contributed by atoms with van der Waals surface area (Å²) in [5.41, 5.74) is 0. The monoisotopic (exact) mass is 189 g/mol. The van der Waals surface area contributed by atoms with Gasteiger partial charge in [-0.1, -0.05) is 20.3 Å². The Balaban J connectivity index is 3.33. The summed E-state index contributed by atoms with van der Waals surface area (Å²) >= 11 is 2.01. The average molecular weight is 189 g/mol. The Morgan fingerprint density at radius 1 is 1.17 bits per heavy atom. The smallest absolute Gasteiger partial charge is 0.0132 e. The van der Waals surface area contributed by atoms with E-state index in [4.69, 9.17) is 0 Å². The normalized spacial score (nSPS) is 16.0. The molecule has 0 rings (SSSR count). The summed E-state index contributed by atoms with van der Waals surface area (Å²) in [6.45, 7) is 9.00. The minimum absolute atomic E-state index is 0.663. The Bertz CT molecular complexity index is 95.8. The van der Waals surface area contributed by atoms with Gasteiger partial charge in [-0.05, 0) is 26.0 Å². The van der Waals surface area contributed by atoms with E-state index >= 15 is 0 Å². The van der Waals surface area contributed by atoms with Gasteiger partial charge in [0.15, 0.2) is 0 Å². The molecule has 0 aliphatic rings. The minimum Gasteiger partial charge on any atom is -0.311 e. The van der Waals surface area contributed by atoms with E-state index < -0.39 is 0 Å². The van der Waals surface area contributed by atoms with Gasteiger partial charge in [0.2, 0.25) is 0 Å². The van der Waals surface area contributed by atoms with E-state index in [-0.39, 0.29) is 0 Å². The molecule has 0 aromatic rings. The fraction of sp³-hybridized carbons (Fsp3) is 1.00. The van der Waals surface area contributed by atoms with E-state index in [0.29, 0.717) is 12.1 Å². The molecule has 0 bridgehead atoms. The van der Waals surface area contributed by atoms with E-state index in [2.05, 4.69) is 33.0 Å². The maximum atomic E-state index is 3.59. The molecule has 0 fully saturated rings. The first-order valence-electron chi connectivity index (χ1n) is 5.04. The third kappa shape index (κ3) is 6.99. The van der Waals surface area contributed by atoms with Crippen molar-refractivity contribution in [2.24, 2.45) is 0 Å². The van der Waals surface area contributed by atoms with Gasteiger partial charge in [0.25, 0.3) is 0 Å². The van der Waals surface area contributed by atoms with Crippen LogP contribution in [0.5, 0.6) is 0 Å². The van der Waals surface area contributed by atoms with Gasteiger partial charge in [0, 0.05) is 17.8 Å². The molecule has 12 heavy (non-hydrogen) atoms. The van der Waals surface area contributed by atoms with Crippen LogP contribution in [0.4, 0.5) is 0 Å². The third-order valence-corrected chi connectivity index (χ3v) is 3.01. The Morgan fingerprint density at radius 2 is 1.83 bits per heavy atom. The zero-order valence-electron chi connectivity index (χ0n) is 8.89. The van der Waals surface area contributed by atoms with Gasteiger partial charge >= 0.3 is 0 Å². The van der Waals surface area contributed by atoms with Crippen molar-refractivity contribution in [2.75, 3.05) is 11.5 Å². The molecule has 0 aromatic carbocycles. The summed E-state index contributed by atoms with van der Waals surface area (Å²) in [5.74, 6) is 2.47. The van der Waals surface area contributed by atoms with Crippen LogP contribution in [0, 0.1) is 0 Å². The maximum Gasteiger partial charge on any atom is 0.0132 e. The fourth-order valence-electron chi connectivity index (χ4n) is 1.34. The van der Waals surface area contributed by atoms with Gasteiger partial charge in [-0.3, -0.25) is 0 Å². The summed E-state index contributed by atoms with van der Waals surface area (Å²) in [4.78, 5) is 0. The van der Waals surface area contributed by atoms with E-state index in [1.165, 1.54) is 24.3 Å². The van der Waals surface area contributed by atoms with Crippen LogP contribution in [0.15, 0.2) is 0 Å². The molecular weight excluding hydrogens is 166 g/mol. The lowest BCUT2D eigenvalue weighted by Crippen LogP contribution is -2.35. The molecule has 0 saturated heterocycles. The molecule has 0 heterocycles. The van der Waals surface area contributed by atoms with Gasteiger partial charge in [-0.2, -0.15) is 11.8 Å². The molecule has 0 aromatic heterocycles. The Hall–Kier alpha value is 0.310. The summed E-state index contributed by atoms with van der Waals surface area (Å²) in [6.07, 6.45) is 2.57. The number of hydrogen-bond donors (Lipinski definition) is 1. The lowest BCUT2D eigenvalue weighted by atomic mass is 10.2. The molecule has 0 spiro atoms. The first kappa shape index (κ1) is 12.3. The molecule has 2 heteroatoms. The topological polar surface area (TPSA) is 12.0 Å². The highest BCUT2D eigenvalue weighted by molar-refractivity contribution is 7.99. The SMILES string of the molecule is CCCC(C)NC(C)CSCC. The van der Waals surface area contributed by atoms with E-state index in [1.807, 2.05) is 11.8 Å². The molecule has 2 unspecified atom stereocenters. The van der Waals surface area contributed by atoms with Crippen LogP contribution in [0.3, 0.4) is 0 Å². The first-order chi connectivity index (χ1) is 5.70. The van der Waals surface area contributed by atoms with Crippen LogP contribution in [-0.4, -0.2) is 23.6 Å². The summed E-state index contributed by atoms with van der Waals surface area (Å²) in [5, 5.41) is 3.59. The van der Waals surface area contributed by atoms with Crippen LogP contribution in [0.1, 0.15) is 40.5 Å². The fourth-order valence-corrected chi connectivity index (χ4v) is 2.03. The lowest BCUT2D eigenvalue weighted by molar-refractivity contribution is 0.465. The zero-order chi connectivity index (χ0) is 9.40. The molecule has 0 aliphatic carbocycles. The summed E-state index contributed by atoms with van der Waals surface area (Å²) < 4.78 is 0. The zero-order valence-corrected chi connectivity index (χ0v) is 9.71. The number of thioether (sulfide) groups is 1. The molecule has 1 N–H and O–H groups in total. The number of nitrogens with one attached hydrogen (secondary N) is 1. The van der Waals surface area contributed by atoms with Crippen molar-refractivity contribution in [1.82, 2.24) is 5.32 Å². The van der Waals surface area contributed by atoms with Crippen molar-refractivity contribution < 1.29 is 0 Å². The van der Waals surface area contributed by atoms with E-state index in [0.717, 1.165) is 0 Å².